The zero-order valence-corrected chi connectivity index (χ0v) is 29.1. The van der Waals surface area contributed by atoms with E-state index in [1.807, 2.05) is 21.1 Å². The number of carbonyl (C=O) groups is 1. The van der Waals surface area contributed by atoms with E-state index in [4.69, 9.17) is 18.5 Å². The van der Waals surface area contributed by atoms with Crippen molar-refractivity contribution in [2.45, 2.75) is 155 Å². The Balaban J connectivity index is 4.33. The topological polar surface area (TPSA) is 94.1 Å². The third kappa shape index (κ3) is 30.9. The number of hydrogen-bond acceptors (Lipinski definition) is 7. The number of ether oxygens (including phenoxy) is 2. The number of hydrogen-bond donors (Lipinski definition) is 0. The van der Waals surface area contributed by atoms with Gasteiger partial charge in [0.05, 0.1) is 34.4 Å². The van der Waals surface area contributed by atoms with E-state index >= 15 is 0 Å². The van der Waals surface area contributed by atoms with E-state index in [-0.39, 0.29) is 25.8 Å². The van der Waals surface area contributed by atoms with E-state index in [2.05, 4.69) is 13.8 Å². The van der Waals surface area contributed by atoms with Gasteiger partial charge in [-0.3, -0.25) is 9.36 Å². The van der Waals surface area contributed by atoms with Gasteiger partial charge in [-0.05, 0) is 12.8 Å². The Bertz CT molecular complexity index is 657. The van der Waals surface area contributed by atoms with Gasteiger partial charge in [0.1, 0.15) is 19.3 Å². The van der Waals surface area contributed by atoms with Gasteiger partial charge in [0.25, 0.3) is 7.82 Å². The van der Waals surface area contributed by atoms with Gasteiger partial charge in [-0.15, -0.1) is 0 Å². The first-order valence-corrected chi connectivity index (χ1v) is 18.7. The van der Waals surface area contributed by atoms with Crippen LogP contribution in [0.4, 0.5) is 0 Å². The Hall–Kier alpha value is -0.500. The van der Waals surface area contributed by atoms with Gasteiger partial charge in [-0.1, -0.05) is 129 Å². The van der Waals surface area contributed by atoms with Crippen molar-refractivity contribution >= 4 is 13.8 Å². The minimum Gasteiger partial charge on any atom is -0.756 e. The maximum absolute atomic E-state index is 12.5. The largest absolute Gasteiger partial charge is 0.756 e. The molecular weight excluding hydrogens is 553 g/mol. The minimum absolute atomic E-state index is 0.0304. The fraction of sp³-hybridized carbons (Fsp3) is 0.970. The summed E-state index contributed by atoms with van der Waals surface area (Å²) in [6.07, 6.45) is 23.9. The van der Waals surface area contributed by atoms with E-state index in [0.29, 0.717) is 24.1 Å². The van der Waals surface area contributed by atoms with Gasteiger partial charge in [0.2, 0.25) is 0 Å². The highest BCUT2D eigenvalue weighted by Gasteiger charge is 2.20. The van der Waals surface area contributed by atoms with Crippen LogP contribution in [-0.2, 0) is 27.9 Å². The number of phosphoric ester groups is 1. The van der Waals surface area contributed by atoms with Crippen molar-refractivity contribution in [3.05, 3.63) is 0 Å². The van der Waals surface area contributed by atoms with Gasteiger partial charge >= 0.3 is 5.97 Å². The van der Waals surface area contributed by atoms with E-state index in [0.717, 1.165) is 32.1 Å². The quantitative estimate of drug-likeness (QED) is 0.0322. The fourth-order valence-corrected chi connectivity index (χ4v) is 5.39. The van der Waals surface area contributed by atoms with Crippen LogP contribution in [-0.4, -0.2) is 70.7 Å². The molecular formula is C33H68NO7P. The molecule has 0 fully saturated rings. The summed E-state index contributed by atoms with van der Waals surface area (Å²) in [6, 6.07) is 0. The van der Waals surface area contributed by atoms with Crippen molar-refractivity contribution in [3.63, 3.8) is 0 Å². The van der Waals surface area contributed by atoms with E-state index in [9.17, 15) is 14.3 Å². The summed E-state index contributed by atoms with van der Waals surface area (Å²) >= 11 is 0. The molecule has 0 aliphatic heterocycles. The molecule has 0 bridgehead atoms. The van der Waals surface area contributed by atoms with Crippen LogP contribution in [0.5, 0.6) is 0 Å². The second-order valence-electron chi connectivity index (χ2n) is 12.9. The molecule has 9 heteroatoms. The summed E-state index contributed by atoms with van der Waals surface area (Å²) in [7, 11) is 1.36. The summed E-state index contributed by atoms with van der Waals surface area (Å²) in [4.78, 5) is 24.8. The lowest BCUT2D eigenvalue weighted by atomic mass is 10.1. The maximum atomic E-state index is 12.5. The summed E-state index contributed by atoms with van der Waals surface area (Å²) in [5.41, 5.74) is 0. The first-order chi connectivity index (χ1) is 20.1. The van der Waals surface area contributed by atoms with Crippen LogP contribution >= 0.6 is 7.82 Å². The average molecular weight is 622 g/mol. The van der Waals surface area contributed by atoms with Crippen LogP contribution < -0.4 is 4.89 Å². The highest BCUT2D eigenvalue weighted by Crippen LogP contribution is 2.38. The molecule has 0 heterocycles. The molecule has 0 saturated heterocycles. The molecule has 252 valence electrons. The molecule has 42 heavy (non-hydrogen) atoms. The van der Waals surface area contributed by atoms with Crippen molar-refractivity contribution < 1.29 is 37.3 Å². The van der Waals surface area contributed by atoms with Crippen molar-refractivity contribution in [2.24, 2.45) is 0 Å². The Morgan fingerprint density at radius 3 is 1.57 bits per heavy atom. The van der Waals surface area contributed by atoms with Crippen LogP contribution in [0.25, 0.3) is 0 Å². The van der Waals surface area contributed by atoms with Crippen LogP contribution in [0.1, 0.15) is 149 Å². The number of quaternary nitrogens is 1. The van der Waals surface area contributed by atoms with Crippen molar-refractivity contribution in [1.82, 2.24) is 0 Å². The lowest BCUT2D eigenvalue weighted by Gasteiger charge is -2.28. The summed E-state index contributed by atoms with van der Waals surface area (Å²) < 4.78 is 34.2. The summed E-state index contributed by atoms with van der Waals surface area (Å²) in [5, 5.41) is 0. The van der Waals surface area contributed by atoms with Crippen LogP contribution in [0.2, 0.25) is 0 Å². The second-order valence-corrected chi connectivity index (χ2v) is 14.3. The Kier molecular flexibility index (Phi) is 27.7. The molecule has 0 N–H and O–H groups in total. The molecule has 2 atom stereocenters. The zero-order chi connectivity index (χ0) is 31.4. The molecule has 0 aromatic rings. The lowest BCUT2D eigenvalue weighted by Crippen LogP contribution is -2.37. The molecule has 0 saturated carbocycles. The predicted molar refractivity (Wildman–Crippen MR) is 171 cm³/mol. The number of carbonyl (C=O) groups excluding carboxylic acids is 1. The molecule has 0 aromatic carbocycles. The number of nitrogens with zero attached hydrogens (tertiary/aromatic N) is 1. The molecule has 0 aliphatic carbocycles. The first-order valence-electron chi connectivity index (χ1n) is 17.3. The number of rotatable bonds is 32. The zero-order valence-electron chi connectivity index (χ0n) is 28.2. The predicted octanol–water partition coefficient (Wildman–Crippen LogP) is 8.35. The van der Waals surface area contributed by atoms with Crippen LogP contribution in [0.15, 0.2) is 0 Å². The number of phosphoric acid groups is 1. The molecule has 2 unspecified atom stereocenters. The molecule has 8 nitrogen and oxygen atoms in total. The van der Waals surface area contributed by atoms with Gasteiger partial charge in [0, 0.05) is 13.0 Å². The van der Waals surface area contributed by atoms with Crippen LogP contribution in [0.3, 0.4) is 0 Å². The Labute approximate surface area is 259 Å². The molecule has 0 aromatic heterocycles. The summed E-state index contributed by atoms with van der Waals surface area (Å²) in [5.74, 6) is -0.335. The maximum Gasteiger partial charge on any atom is 0.306 e. The highest BCUT2D eigenvalue weighted by molar-refractivity contribution is 7.45. The first kappa shape index (κ1) is 41.5. The molecule has 0 amide bonds. The fourth-order valence-electron chi connectivity index (χ4n) is 4.66. The minimum atomic E-state index is -4.50. The van der Waals surface area contributed by atoms with Gasteiger partial charge in [0.15, 0.2) is 0 Å². The normalized spacial score (nSPS) is 14.1. The molecule has 0 rings (SSSR count). The van der Waals surface area contributed by atoms with Crippen LogP contribution in [0, 0.1) is 0 Å². The number of esters is 1. The lowest BCUT2D eigenvalue weighted by molar-refractivity contribution is -0.870. The van der Waals surface area contributed by atoms with Gasteiger partial charge in [-0.2, -0.15) is 0 Å². The van der Waals surface area contributed by atoms with E-state index in [1.165, 1.54) is 96.3 Å². The van der Waals surface area contributed by atoms with Crippen molar-refractivity contribution in [1.29, 1.82) is 0 Å². The Morgan fingerprint density at radius 1 is 0.643 bits per heavy atom. The monoisotopic (exact) mass is 621 g/mol. The number of likely N-dealkylation sites (N-methyl/N-ethyl adjacent to an activating group) is 1. The van der Waals surface area contributed by atoms with Crippen molar-refractivity contribution in [2.75, 3.05) is 54.1 Å². The van der Waals surface area contributed by atoms with Gasteiger partial charge in [-0.25, -0.2) is 0 Å². The molecule has 0 spiro atoms. The van der Waals surface area contributed by atoms with E-state index < -0.39 is 13.9 Å². The third-order valence-electron chi connectivity index (χ3n) is 7.41. The van der Waals surface area contributed by atoms with Crippen molar-refractivity contribution in [3.8, 4) is 0 Å². The Morgan fingerprint density at radius 2 is 1.10 bits per heavy atom. The second kappa shape index (κ2) is 28.0. The number of unbranched alkanes of at least 4 members (excludes halogenated alkanes) is 18. The average Bonchev–Trinajstić information content (AvgIpc) is 2.92. The molecule has 0 aliphatic rings. The summed E-state index contributed by atoms with van der Waals surface area (Å²) in [6.45, 7) is 5.39. The third-order valence-corrected chi connectivity index (χ3v) is 8.37. The highest BCUT2D eigenvalue weighted by atomic mass is 31.2. The SMILES string of the molecule is CCCCCCCCCCCCCC(=O)OC(COCCCCCCCCCCC)COP(=O)([O-])OCC[N+](C)(C)C. The molecule has 0 radical (unpaired) electrons. The smallest absolute Gasteiger partial charge is 0.306 e. The van der Waals surface area contributed by atoms with E-state index in [1.54, 1.807) is 0 Å². The van der Waals surface area contributed by atoms with Gasteiger partial charge < -0.3 is 27.9 Å². The standard InChI is InChI=1S/C33H68NO7P/c1-6-8-10-12-14-16-17-18-20-22-24-26-33(35)41-32(31-40-42(36,37)39-29-27-34(3,4)5)30-38-28-25-23-21-19-15-13-11-9-7-2/h32H,6-31H2,1-5H3.